The zero-order valence-corrected chi connectivity index (χ0v) is 10.6. The number of rotatable bonds is 6. The summed E-state index contributed by atoms with van der Waals surface area (Å²) in [5.41, 5.74) is 2.12. The fraction of sp³-hybridized carbons (Fsp3) is 0.750. The molecule has 1 aromatic heterocycles. The van der Waals surface area contributed by atoms with Gasteiger partial charge in [-0.05, 0) is 26.3 Å². The minimum atomic E-state index is -0.456. The van der Waals surface area contributed by atoms with Gasteiger partial charge in [-0.3, -0.25) is 4.68 Å². The molecule has 0 radical (unpaired) electrons. The van der Waals surface area contributed by atoms with Crippen LogP contribution in [0.25, 0.3) is 0 Å². The molecule has 1 heterocycles. The molecule has 0 aliphatic carbocycles. The molecule has 0 aliphatic heterocycles. The van der Waals surface area contributed by atoms with Crippen LogP contribution in [0.1, 0.15) is 32.2 Å². The van der Waals surface area contributed by atoms with Crippen LogP contribution in [0.15, 0.2) is 6.07 Å². The van der Waals surface area contributed by atoms with Crippen LogP contribution < -0.4 is 0 Å². The first-order valence-corrected chi connectivity index (χ1v) is 5.84. The Morgan fingerprint density at radius 1 is 1.50 bits per heavy atom. The Hall–Kier alpha value is -0.870. The molecule has 1 N–H and O–H groups in total. The molecule has 4 nitrogen and oxygen atoms in total. The first kappa shape index (κ1) is 13.2. The zero-order chi connectivity index (χ0) is 12.1. The lowest BCUT2D eigenvalue weighted by molar-refractivity contribution is 0.00556. The molecule has 16 heavy (non-hydrogen) atoms. The molecule has 0 spiro atoms. The highest BCUT2D eigenvalue weighted by molar-refractivity contribution is 5.11. The Balaban J connectivity index is 2.48. The molecular weight excluding hydrogens is 204 g/mol. The second-order valence-electron chi connectivity index (χ2n) is 4.34. The summed E-state index contributed by atoms with van der Waals surface area (Å²) in [5.74, 6) is 0. The highest BCUT2D eigenvalue weighted by Crippen LogP contribution is 2.07. The van der Waals surface area contributed by atoms with E-state index < -0.39 is 6.10 Å². The minimum absolute atomic E-state index is 0.160. The van der Waals surface area contributed by atoms with E-state index in [2.05, 4.69) is 12.0 Å². The zero-order valence-electron chi connectivity index (χ0n) is 10.6. The van der Waals surface area contributed by atoms with Crippen LogP contribution >= 0.6 is 0 Å². The topological polar surface area (TPSA) is 47.3 Å². The second-order valence-corrected chi connectivity index (χ2v) is 4.34. The monoisotopic (exact) mass is 226 g/mol. The highest BCUT2D eigenvalue weighted by Gasteiger charge is 2.11. The van der Waals surface area contributed by atoms with Crippen LogP contribution in [-0.2, 0) is 24.6 Å². The van der Waals surface area contributed by atoms with Crippen molar-refractivity contribution in [2.45, 2.75) is 45.8 Å². The number of hydrogen-bond acceptors (Lipinski definition) is 3. The molecule has 0 fully saturated rings. The maximum Gasteiger partial charge on any atom is 0.0828 e. The van der Waals surface area contributed by atoms with Gasteiger partial charge in [0.05, 0.1) is 24.5 Å². The van der Waals surface area contributed by atoms with Gasteiger partial charge in [0.25, 0.3) is 0 Å². The molecule has 0 bridgehead atoms. The van der Waals surface area contributed by atoms with Crippen LogP contribution in [0.4, 0.5) is 0 Å². The van der Waals surface area contributed by atoms with Crippen LogP contribution in [0.2, 0.25) is 0 Å². The molecule has 1 atom stereocenters. The summed E-state index contributed by atoms with van der Waals surface area (Å²) in [6, 6.07) is 2.04. The maximum atomic E-state index is 9.79. The Morgan fingerprint density at radius 2 is 2.19 bits per heavy atom. The van der Waals surface area contributed by atoms with Crippen molar-refractivity contribution in [3.8, 4) is 0 Å². The third-order valence-corrected chi connectivity index (χ3v) is 2.46. The molecule has 1 rings (SSSR count). The normalized spacial score (nSPS) is 13.4. The van der Waals surface area contributed by atoms with E-state index in [4.69, 9.17) is 4.74 Å². The van der Waals surface area contributed by atoms with Gasteiger partial charge >= 0.3 is 0 Å². The Morgan fingerprint density at radius 3 is 2.69 bits per heavy atom. The largest absolute Gasteiger partial charge is 0.390 e. The summed E-state index contributed by atoms with van der Waals surface area (Å²) >= 11 is 0. The van der Waals surface area contributed by atoms with Gasteiger partial charge in [0.1, 0.15) is 0 Å². The van der Waals surface area contributed by atoms with Crippen LogP contribution in [-0.4, -0.2) is 33.7 Å². The van der Waals surface area contributed by atoms with Crippen molar-refractivity contribution in [2.75, 3.05) is 6.61 Å². The van der Waals surface area contributed by atoms with E-state index in [0.717, 1.165) is 17.8 Å². The van der Waals surface area contributed by atoms with E-state index in [1.165, 1.54) is 0 Å². The Bertz CT molecular complexity index is 321. The van der Waals surface area contributed by atoms with Gasteiger partial charge in [-0.25, -0.2) is 0 Å². The Kier molecular flexibility index (Phi) is 4.96. The maximum absolute atomic E-state index is 9.79. The van der Waals surface area contributed by atoms with Crippen LogP contribution in [0.3, 0.4) is 0 Å². The summed E-state index contributed by atoms with van der Waals surface area (Å²) in [4.78, 5) is 0. The number of nitrogens with zero attached hydrogens (tertiary/aromatic N) is 2. The third kappa shape index (κ3) is 3.94. The van der Waals surface area contributed by atoms with Gasteiger partial charge in [-0.2, -0.15) is 5.10 Å². The quantitative estimate of drug-likeness (QED) is 0.795. The summed E-state index contributed by atoms with van der Waals surface area (Å²) in [7, 11) is 1.91. The lowest BCUT2D eigenvalue weighted by Gasteiger charge is -2.13. The standard InChI is InChI=1S/C12H22N2O2/c1-5-10-6-11(14(4)13-10)7-12(15)8-16-9(2)3/h6,9,12,15H,5,7-8H2,1-4H3. The first-order valence-electron chi connectivity index (χ1n) is 5.84. The van der Waals surface area contributed by atoms with E-state index >= 15 is 0 Å². The molecule has 92 valence electrons. The van der Waals surface area contributed by atoms with Gasteiger partial charge < -0.3 is 9.84 Å². The Labute approximate surface area is 97.2 Å². The fourth-order valence-corrected chi connectivity index (χ4v) is 1.54. The molecule has 0 saturated heterocycles. The van der Waals surface area contributed by atoms with Crippen molar-refractivity contribution in [3.05, 3.63) is 17.5 Å². The van der Waals surface area contributed by atoms with Crippen molar-refractivity contribution in [2.24, 2.45) is 7.05 Å². The molecule has 4 heteroatoms. The summed E-state index contributed by atoms with van der Waals surface area (Å²) in [6.45, 7) is 6.38. The molecule has 0 aliphatic rings. The van der Waals surface area contributed by atoms with Crippen molar-refractivity contribution in [1.29, 1.82) is 0 Å². The first-order chi connectivity index (χ1) is 7.52. The number of aryl methyl sites for hydroxylation is 2. The van der Waals surface area contributed by atoms with Crippen molar-refractivity contribution in [1.82, 2.24) is 9.78 Å². The van der Waals surface area contributed by atoms with Gasteiger partial charge in [0.2, 0.25) is 0 Å². The SMILES string of the molecule is CCc1cc(CC(O)COC(C)C)n(C)n1. The molecule has 0 saturated carbocycles. The van der Waals surface area contributed by atoms with Gasteiger partial charge in [-0.15, -0.1) is 0 Å². The van der Waals surface area contributed by atoms with Gasteiger partial charge in [0, 0.05) is 19.2 Å². The highest BCUT2D eigenvalue weighted by atomic mass is 16.5. The number of aromatic nitrogens is 2. The second kappa shape index (κ2) is 6.01. The molecular formula is C12H22N2O2. The number of hydrogen-bond donors (Lipinski definition) is 1. The molecule has 1 aromatic rings. The lowest BCUT2D eigenvalue weighted by Crippen LogP contribution is -2.21. The molecule has 0 amide bonds. The number of aliphatic hydroxyl groups excluding tert-OH is 1. The summed E-state index contributed by atoms with van der Waals surface area (Å²) < 4.78 is 7.20. The van der Waals surface area contributed by atoms with E-state index in [1.807, 2.05) is 31.6 Å². The van der Waals surface area contributed by atoms with Gasteiger partial charge in [0.15, 0.2) is 0 Å². The van der Waals surface area contributed by atoms with Gasteiger partial charge in [-0.1, -0.05) is 6.92 Å². The van der Waals surface area contributed by atoms with E-state index in [-0.39, 0.29) is 6.10 Å². The number of aliphatic hydroxyl groups is 1. The van der Waals surface area contributed by atoms with E-state index in [9.17, 15) is 5.11 Å². The smallest absolute Gasteiger partial charge is 0.0828 e. The van der Waals surface area contributed by atoms with E-state index in [1.54, 1.807) is 0 Å². The summed E-state index contributed by atoms with van der Waals surface area (Å²) in [5, 5.41) is 14.1. The fourth-order valence-electron chi connectivity index (χ4n) is 1.54. The summed E-state index contributed by atoms with van der Waals surface area (Å²) in [6.07, 6.45) is 1.22. The third-order valence-electron chi connectivity index (χ3n) is 2.46. The van der Waals surface area contributed by atoms with Crippen molar-refractivity contribution >= 4 is 0 Å². The average molecular weight is 226 g/mol. The minimum Gasteiger partial charge on any atom is -0.390 e. The molecule has 0 aromatic carbocycles. The van der Waals surface area contributed by atoms with Crippen molar-refractivity contribution < 1.29 is 9.84 Å². The number of ether oxygens (including phenoxy) is 1. The van der Waals surface area contributed by atoms with Crippen LogP contribution in [0.5, 0.6) is 0 Å². The van der Waals surface area contributed by atoms with E-state index in [0.29, 0.717) is 13.0 Å². The predicted octanol–water partition coefficient (Wildman–Crippen LogP) is 1.31. The lowest BCUT2D eigenvalue weighted by atomic mass is 10.2. The van der Waals surface area contributed by atoms with Crippen molar-refractivity contribution in [3.63, 3.8) is 0 Å². The van der Waals surface area contributed by atoms with Crippen LogP contribution in [0, 0.1) is 0 Å². The molecule has 1 unspecified atom stereocenters. The average Bonchev–Trinajstić information content (AvgIpc) is 2.57. The predicted molar refractivity (Wildman–Crippen MR) is 63.4 cm³/mol.